The number of carbonyl (C=O) groups excluding carboxylic acids is 1. The Hall–Kier alpha value is -0.620. The largest absolute Gasteiger partial charge is 0.341 e. The van der Waals surface area contributed by atoms with Crippen LogP contribution < -0.4 is 5.32 Å². The molecule has 1 rings (SSSR count). The van der Waals surface area contributed by atoms with E-state index in [1.54, 1.807) is 11.9 Å². The van der Waals surface area contributed by atoms with Gasteiger partial charge in [0.2, 0.25) is 5.91 Å². The molecule has 1 aliphatic rings. The second kappa shape index (κ2) is 5.57. The van der Waals surface area contributed by atoms with Gasteiger partial charge in [0, 0.05) is 31.6 Å². The normalized spacial score (nSPS) is 23.7. The number of nitrogens with one attached hydrogen (secondary N) is 1. The van der Waals surface area contributed by atoms with Gasteiger partial charge in [-0.3, -0.25) is 4.79 Å². The molecule has 18 heavy (non-hydrogen) atoms. The summed E-state index contributed by atoms with van der Waals surface area (Å²) in [6.07, 6.45) is 1.12. The van der Waals surface area contributed by atoms with Crippen LogP contribution in [0.4, 0.5) is 0 Å². The number of hydrogen-bond acceptors (Lipinski definition) is 4. The minimum atomic E-state index is -2.98. The van der Waals surface area contributed by atoms with E-state index in [4.69, 9.17) is 0 Å². The van der Waals surface area contributed by atoms with Crippen LogP contribution in [0.5, 0.6) is 0 Å². The minimum Gasteiger partial charge on any atom is -0.341 e. The predicted molar refractivity (Wildman–Crippen MR) is 72.2 cm³/mol. The lowest BCUT2D eigenvalue weighted by Crippen LogP contribution is -2.50. The number of amides is 1. The zero-order valence-electron chi connectivity index (χ0n) is 11.7. The van der Waals surface area contributed by atoms with Gasteiger partial charge in [-0.1, -0.05) is 6.92 Å². The summed E-state index contributed by atoms with van der Waals surface area (Å²) in [6, 6.07) is -0.244. The molecule has 1 saturated heterocycles. The van der Waals surface area contributed by atoms with E-state index in [1.807, 2.05) is 20.8 Å². The van der Waals surface area contributed by atoms with E-state index in [1.165, 1.54) is 0 Å². The molecular weight excluding hydrogens is 252 g/mol. The molecule has 1 aliphatic heterocycles. The first kappa shape index (κ1) is 15.4. The van der Waals surface area contributed by atoms with E-state index in [2.05, 4.69) is 5.32 Å². The Morgan fingerprint density at radius 3 is 2.56 bits per heavy atom. The molecular formula is C12H24N2O3S. The highest BCUT2D eigenvalue weighted by Crippen LogP contribution is 2.18. The summed E-state index contributed by atoms with van der Waals surface area (Å²) in [7, 11) is -1.20. The number of carbonyl (C=O) groups is 1. The molecule has 0 aliphatic carbocycles. The van der Waals surface area contributed by atoms with E-state index in [0.29, 0.717) is 6.54 Å². The van der Waals surface area contributed by atoms with Crippen molar-refractivity contribution in [3.05, 3.63) is 0 Å². The van der Waals surface area contributed by atoms with Gasteiger partial charge >= 0.3 is 0 Å². The third-order valence-electron chi connectivity index (χ3n) is 3.87. The Labute approximate surface area is 110 Å². The zero-order chi connectivity index (χ0) is 14.0. The van der Waals surface area contributed by atoms with Crippen molar-refractivity contribution in [3.63, 3.8) is 0 Å². The molecule has 1 amide bonds. The fourth-order valence-electron chi connectivity index (χ4n) is 1.92. The van der Waals surface area contributed by atoms with Gasteiger partial charge < -0.3 is 10.2 Å². The number of rotatable bonds is 4. The van der Waals surface area contributed by atoms with Crippen LogP contribution in [-0.4, -0.2) is 55.9 Å². The molecule has 1 fully saturated rings. The lowest BCUT2D eigenvalue weighted by Gasteiger charge is -2.36. The summed E-state index contributed by atoms with van der Waals surface area (Å²) in [5.41, 5.74) is -0.190. The van der Waals surface area contributed by atoms with Gasteiger partial charge in [-0.15, -0.1) is 0 Å². The molecule has 6 heteroatoms. The van der Waals surface area contributed by atoms with Gasteiger partial charge in [0.15, 0.2) is 9.84 Å². The Balaban J connectivity index is 2.60. The molecule has 1 unspecified atom stereocenters. The van der Waals surface area contributed by atoms with E-state index in [0.717, 1.165) is 6.42 Å². The van der Waals surface area contributed by atoms with Crippen molar-refractivity contribution in [1.82, 2.24) is 10.2 Å². The Kier molecular flexibility index (Phi) is 4.78. The average Bonchev–Trinajstić information content (AvgIpc) is 2.26. The number of sulfone groups is 1. The molecule has 5 nitrogen and oxygen atoms in total. The summed E-state index contributed by atoms with van der Waals surface area (Å²) in [5.74, 6) is 0.240. The van der Waals surface area contributed by atoms with Gasteiger partial charge in [-0.25, -0.2) is 8.42 Å². The SMILES string of the molecule is CCC(C)(C)N(C)C(=O)CC1CS(=O)(=O)CCN1. The summed E-state index contributed by atoms with van der Waals surface area (Å²) in [6.45, 7) is 6.50. The molecule has 106 valence electrons. The summed E-state index contributed by atoms with van der Waals surface area (Å²) >= 11 is 0. The molecule has 0 aromatic rings. The van der Waals surface area contributed by atoms with Gasteiger partial charge in [-0.2, -0.15) is 0 Å². The second-order valence-corrected chi connectivity index (χ2v) is 7.82. The number of nitrogens with zero attached hydrogens (tertiary/aromatic N) is 1. The van der Waals surface area contributed by atoms with E-state index < -0.39 is 9.84 Å². The Bertz CT molecular complexity index is 404. The molecule has 0 bridgehead atoms. The van der Waals surface area contributed by atoms with Crippen LogP contribution in [0.15, 0.2) is 0 Å². The first-order valence-corrected chi connectivity index (χ1v) is 8.20. The van der Waals surface area contributed by atoms with Gasteiger partial charge in [0.1, 0.15) is 0 Å². The van der Waals surface area contributed by atoms with Crippen LogP contribution in [0.1, 0.15) is 33.6 Å². The predicted octanol–water partition coefficient (Wildman–Crippen LogP) is 0.410. The van der Waals surface area contributed by atoms with Crippen LogP contribution in [0.2, 0.25) is 0 Å². The maximum absolute atomic E-state index is 12.1. The first-order chi connectivity index (χ1) is 8.18. The monoisotopic (exact) mass is 276 g/mol. The lowest BCUT2D eigenvalue weighted by molar-refractivity contribution is -0.135. The molecule has 1 N–H and O–H groups in total. The molecule has 0 aromatic heterocycles. The fourth-order valence-corrected chi connectivity index (χ4v) is 3.37. The van der Waals surface area contributed by atoms with Crippen molar-refractivity contribution < 1.29 is 13.2 Å². The van der Waals surface area contributed by atoms with Gasteiger partial charge in [0.25, 0.3) is 0 Å². The van der Waals surface area contributed by atoms with Crippen molar-refractivity contribution in [2.45, 2.75) is 45.2 Å². The molecule has 0 radical (unpaired) electrons. The highest BCUT2D eigenvalue weighted by molar-refractivity contribution is 7.91. The molecule has 0 aromatic carbocycles. The van der Waals surface area contributed by atoms with Crippen LogP contribution >= 0.6 is 0 Å². The lowest BCUT2D eigenvalue weighted by atomic mass is 9.99. The third-order valence-corrected chi connectivity index (χ3v) is 5.61. The number of hydrogen-bond donors (Lipinski definition) is 1. The Morgan fingerprint density at radius 2 is 2.06 bits per heavy atom. The topological polar surface area (TPSA) is 66.5 Å². The van der Waals surface area contributed by atoms with Crippen molar-refractivity contribution in [3.8, 4) is 0 Å². The second-order valence-electron chi connectivity index (χ2n) is 5.59. The third kappa shape index (κ3) is 3.95. The zero-order valence-corrected chi connectivity index (χ0v) is 12.5. The first-order valence-electron chi connectivity index (χ1n) is 6.38. The van der Waals surface area contributed by atoms with Crippen molar-refractivity contribution in [1.29, 1.82) is 0 Å². The van der Waals surface area contributed by atoms with E-state index >= 15 is 0 Å². The highest BCUT2D eigenvalue weighted by Gasteiger charge is 2.30. The summed E-state index contributed by atoms with van der Waals surface area (Å²) in [5, 5.41) is 3.10. The van der Waals surface area contributed by atoms with Crippen LogP contribution in [-0.2, 0) is 14.6 Å². The molecule has 0 spiro atoms. The van der Waals surface area contributed by atoms with Gasteiger partial charge in [-0.05, 0) is 20.3 Å². The highest BCUT2D eigenvalue weighted by atomic mass is 32.2. The minimum absolute atomic E-state index is 0.00329. The fraction of sp³-hybridized carbons (Fsp3) is 0.917. The van der Waals surface area contributed by atoms with Crippen LogP contribution in [0.25, 0.3) is 0 Å². The Morgan fingerprint density at radius 1 is 1.44 bits per heavy atom. The molecule has 1 heterocycles. The van der Waals surface area contributed by atoms with Gasteiger partial charge in [0.05, 0.1) is 11.5 Å². The maximum Gasteiger partial charge on any atom is 0.224 e. The maximum atomic E-state index is 12.1. The van der Waals surface area contributed by atoms with E-state index in [9.17, 15) is 13.2 Å². The van der Waals surface area contributed by atoms with Crippen molar-refractivity contribution >= 4 is 15.7 Å². The molecule has 1 atom stereocenters. The standard InChI is InChI=1S/C12H24N2O3S/c1-5-12(2,3)14(4)11(15)8-10-9-18(16,17)7-6-13-10/h10,13H,5-9H2,1-4H3. The summed E-state index contributed by atoms with van der Waals surface area (Å²) in [4.78, 5) is 13.8. The molecule has 0 saturated carbocycles. The average molecular weight is 276 g/mol. The van der Waals surface area contributed by atoms with Crippen molar-refractivity contribution in [2.24, 2.45) is 0 Å². The van der Waals surface area contributed by atoms with Crippen molar-refractivity contribution in [2.75, 3.05) is 25.1 Å². The van der Waals surface area contributed by atoms with E-state index in [-0.39, 0.29) is 35.4 Å². The summed E-state index contributed by atoms with van der Waals surface area (Å²) < 4.78 is 23.0. The quantitative estimate of drug-likeness (QED) is 0.807. The van der Waals surface area contributed by atoms with Crippen LogP contribution in [0.3, 0.4) is 0 Å². The smallest absolute Gasteiger partial charge is 0.224 e. The van der Waals surface area contributed by atoms with Crippen LogP contribution in [0, 0.1) is 0 Å².